The quantitative estimate of drug-likeness (QED) is 0.412. The fourth-order valence-electron chi connectivity index (χ4n) is 3.69. The van der Waals surface area contributed by atoms with Gasteiger partial charge in [-0.1, -0.05) is 42.6 Å². The van der Waals surface area contributed by atoms with Gasteiger partial charge in [0.25, 0.3) is 5.91 Å². The van der Waals surface area contributed by atoms with E-state index >= 15 is 0 Å². The molecule has 0 unspecified atom stereocenters. The zero-order chi connectivity index (χ0) is 24.0. The van der Waals surface area contributed by atoms with Gasteiger partial charge in [-0.3, -0.25) is 4.79 Å². The van der Waals surface area contributed by atoms with Crippen molar-refractivity contribution in [3.8, 4) is 17.2 Å². The molecule has 7 nitrogen and oxygen atoms in total. The van der Waals surface area contributed by atoms with Gasteiger partial charge in [0, 0.05) is 11.1 Å². The van der Waals surface area contributed by atoms with Crippen LogP contribution in [0.2, 0.25) is 5.02 Å². The molecule has 9 heteroatoms. The first-order chi connectivity index (χ1) is 16.4. The normalized spacial score (nSPS) is 14.0. The Hall–Kier alpha value is -3.07. The maximum Gasteiger partial charge on any atom is 0.262 e. The summed E-state index contributed by atoms with van der Waals surface area (Å²) in [6.07, 6.45) is 3.80. The lowest BCUT2D eigenvalue weighted by molar-refractivity contribution is -0.118. The number of nitrogens with one attached hydrogen (secondary N) is 2. The van der Waals surface area contributed by atoms with E-state index in [2.05, 4.69) is 10.0 Å². The molecule has 34 heavy (non-hydrogen) atoms. The molecule has 0 aromatic heterocycles. The fourth-order valence-corrected chi connectivity index (χ4v) is 5.16. The zero-order valence-corrected chi connectivity index (χ0v) is 19.9. The van der Waals surface area contributed by atoms with Gasteiger partial charge in [0.15, 0.2) is 12.4 Å². The molecule has 3 aromatic rings. The average Bonchev–Trinajstić information content (AvgIpc) is 3.33. The predicted octanol–water partition coefficient (Wildman–Crippen LogP) is 5.37. The number of amides is 1. The molecule has 0 heterocycles. The molecule has 1 aliphatic rings. The molecule has 0 bridgehead atoms. The van der Waals surface area contributed by atoms with Crippen LogP contribution in [0.15, 0.2) is 77.7 Å². The topological polar surface area (TPSA) is 93.7 Å². The van der Waals surface area contributed by atoms with Crippen molar-refractivity contribution in [1.29, 1.82) is 0 Å². The Balaban J connectivity index is 1.35. The summed E-state index contributed by atoms with van der Waals surface area (Å²) in [6.45, 7) is -0.274. The molecule has 0 saturated heterocycles. The van der Waals surface area contributed by atoms with Gasteiger partial charge in [-0.05, 0) is 67.4 Å². The van der Waals surface area contributed by atoms with Crippen LogP contribution in [0.4, 0.5) is 5.69 Å². The summed E-state index contributed by atoms with van der Waals surface area (Å²) < 4.78 is 39.2. The highest BCUT2D eigenvalue weighted by Gasteiger charge is 2.22. The van der Waals surface area contributed by atoms with Crippen LogP contribution in [-0.4, -0.2) is 27.0 Å². The fraction of sp³-hybridized carbons (Fsp3) is 0.240. The number of hydrogen-bond acceptors (Lipinski definition) is 5. The molecular formula is C25H25ClN2O5S. The lowest BCUT2D eigenvalue weighted by atomic mass is 10.2. The summed E-state index contributed by atoms with van der Waals surface area (Å²) in [4.78, 5) is 12.6. The highest BCUT2D eigenvalue weighted by Crippen LogP contribution is 2.32. The van der Waals surface area contributed by atoms with Crippen molar-refractivity contribution in [2.75, 3.05) is 11.9 Å². The highest BCUT2D eigenvalue weighted by atomic mass is 35.5. The van der Waals surface area contributed by atoms with Crippen LogP contribution >= 0.6 is 11.6 Å². The van der Waals surface area contributed by atoms with Crippen molar-refractivity contribution in [1.82, 2.24) is 4.72 Å². The van der Waals surface area contributed by atoms with E-state index in [1.54, 1.807) is 30.3 Å². The molecule has 0 aliphatic heterocycles. The number of ether oxygens (including phenoxy) is 2. The van der Waals surface area contributed by atoms with E-state index in [0.29, 0.717) is 28.0 Å². The first kappa shape index (κ1) is 24.1. The lowest BCUT2D eigenvalue weighted by Gasteiger charge is -2.14. The number of benzene rings is 3. The van der Waals surface area contributed by atoms with E-state index in [9.17, 15) is 13.2 Å². The maximum absolute atomic E-state index is 12.5. The first-order valence-electron chi connectivity index (χ1n) is 11.0. The molecule has 0 spiro atoms. The van der Waals surface area contributed by atoms with Crippen LogP contribution in [-0.2, 0) is 14.8 Å². The molecule has 1 aliphatic carbocycles. The SMILES string of the molecule is O=C(COc1ccc(S(=O)(=O)NC2CCCC2)cc1)Nc1cc(Cl)ccc1Oc1ccccc1. The van der Waals surface area contributed by atoms with Crippen LogP contribution in [0, 0.1) is 0 Å². The molecule has 2 N–H and O–H groups in total. The third-order valence-corrected chi connectivity index (χ3v) is 7.14. The Morgan fingerprint density at radius 3 is 2.35 bits per heavy atom. The Morgan fingerprint density at radius 1 is 0.941 bits per heavy atom. The van der Waals surface area contributed by atoms with E-state index in [0.717, 1.165) is 25.7 Å². The van der Waals surface area contributed by atoms with Crippen LogP contribution in [0.3, 0.4) is 0 Å². The third kappa shape index (κ3) is 6.50. The van der Waals surface area contributed by atoms with E-state index in [4.69, 9.17) is 21.1 Å². The largest absolute Gasteiger partial charge is 0.484 e. The second kappa shape index (κ2) is 10.9. The summed E-state index contributed by atoms with van der Waals surface area (Å²) in [5, 5.41) is 3.18. The van der Waals surface area contributed by atoms with Gasteiger partial charge in [0.05, 0.1) is 10.6 Å². The summed E-state index contributed by atoms with van der Waals surface area (Å²) in [6, 6.07) is 20.1. The minimum absolute atomic E-state index is 0.00752. The van der Waals surface area contributed by atoms with Crippen LogP contribution < -0.4 is 19.5 Å². The van der Waals surface area contributed by atoms with Gasteiger partial charge in [-0.2, -0.15) is 0 Å². The monoisotopic (exact) mass is 500 g/mol. The number of rotatable bonds is 9. The Morgan fingerprint density at radius 2 is 1.65 bits per heavy atom. The molecule has 1 saturated carbocycles. The van der Waals surface area contributed by atoms with Crippen molar-refractivity contribution < 1.29 is 22.7 Å². The molecule has 0 atom stereocenters. The van der Waals surface area contributed by atoms with Gasteiger partial charge in [-0.25, -0.2) is 13.1 Å². The highest BCUT2D eigenvalue weighted by molar-refractivity contribution is 7.89. The summed E-state index contributed by atoms with van der Waals surface area (Å²) >= 11 is 6.09. The molecular weight excluding hydrogens is 476 g/mol. The third-order valence-electron chi connectivity index (χ3n) is 5.37. The number of hydrogen-bond donors (Lipinski definition) is 2. The lowest BCUT2D eigenvalue weighted by Crippen LogP contribution is -2.32. The minimum Gasteiger partial charge on any atom is -0.484 e. The Labute approximate surface area is 204 Å². The molecule has 0 radical (unpaired) electrons. The second-order valence-corrected chi connectivity index (χ2v) is 10.1. The Kier molecular flexibility index (Phi) is 7.72. The van der Waals surface area contributed by atoms with Crippen LogP contribution in [0.1, 0.15) is 25.7 Å². The molecule has 1 amide bonds. The average molecular weight is 501 g/mol. The van der Waals surface area contributed by atoms with Crippen LogP contribution in [0.5, 0.6) is 17.2 Å². The standard InChI is InChI=1S/C25H25ClN2O5S/c26-18-10-15-24(33-21-8-2-1-3-9-21)23(16-18)27-25(29)17-32-20-11-13-22(14-12-20)34(30,31)28-19-6-4-5-7-19/h1-3,8-16,19,28H,4-7,17H2,(H,27,29). The summed E-state index contributed by atoms with van der Waals surface area (Å²) in [5.74, 6) is 1.02. The number of anilines is 1. The van der Waals surface area contributed by atoms with E-state index in [1.165, 1.54) is 24.3 Å². The zero-order valence-electron chi connectivity index (χ0n) is 18.4. The second-order valence-electron chi connectivity index (χ2n) is 7.97. The summed E-state index contributed by atoms with van der Waals surface area (Å²) in [5.41, 5.74) is 0.407. The predicted molar refractivity (Wildman–Crippen MR) is 131 cm³/mol. The number of carbonyl (C=O) groups excluding carboxylic acids is 1. The molecule has 1 fully saturated rings. The first-order valence-corrected chi connectivity index (χ1v) is 12.8. The van der Waals surface area contributed by atoms with E-state index in [1.807, 2.05) is 18.2 Å². The number of halogens is 1. The van der Waals surface area contributed by atoms with Gasteiger partial charge in [0.2, 0.25) is 10.0 Å². The van der Waals surface area contributed by atoms with Crippen molar-refractivity contribution in [3.63, 3.8) is 0 Å². The number of sulfonamides is 1. The smallest absolute Gasteiger partial charge is 0.262 e. The molecule has 4 rings (SSSR count). The van der Waals surface area contributed by atoms with Crippen molar-refractivity contribution in [3.05, 3.63) is 77.8 Å². The van der Waals surface area contributed by atoms with Gasteiger partial charge >= 0.3 is 0 Å². The number of para-hydroxylation sites is 1. The maximum atomic E-state index is 12.5. The van der Waals surface area contributed by atoms with E-state index < -0.39 is 15.9 Å². The summed E-state index contributed by atoms with van der Waals surface area (Å²) in [7, 11) is -3.58. The van der Waals surface area contributed by atoms with Crippen molar-refractivity contribution in [2.45, 2.75) is 36.6 Å². The Bertz CT molecular complexity index is 1230. The minimum atomic E-state index is -3.58. The van der Waals surface area contributed by atoms with Crippen molar-refractivity contribution in [2.24, 2.45) is 0 Å². The van der Waals surface area contributed by atoms with E-state index in [-0.39, 0.29) is 17.5 Å². The number of carbonyl (C=O) groups is 1. The van der Waals surface area contributed by atoms with Gasteiger partial charge in [0.1, 0.15) is 11.5 Å². The van der Waals surface area contributed by atoms with Gasteiger partial charge < -0.3 is 14.8 Å². The molecule has 178 valence electrons. The molecule has 3 aromatic carbocycles. The van der Waals surface area contributed by atoms with Crippen molar-refractivity contribution >= 4 is 33.2 Å². The van der Waals surface area contributed by atoms with Gasteiger partial charge in [-0.15, -0.1) is 0 Å². The van der Waals surface area contributed by atoms with Crippen LogP contribution in [0.25, 0.3) is 0 Å².